The van der Waals surface area contributed by atoms with Gasteiger partial charge in [0, 0.05) is 23.8 Å². The molecule has 0 aliphatic carbocycles. The van der Waals surface area contributed by atoms with Crippen molar-refractivity contribution in [3.8, 4) is 5.75 Å². The average Bonchev–Trinajstić information content (AvgIpc) is 2.44. The number of aromatic nitrogens is 1. The van der Waals surface area contributed by atoms with Crippen molar-refractivity contribution in [3.05, 3.63) is 51.3 Å². The first-order chi connectivity index (χ1) is 9.52. The Balaban J connectivity index is 2.45. The van der Waals surface area contributed by atoms with Crippen molar-refractivity contribution >= 4 is 23.1 Å². The standard InChI is InChI=1S/C13H12ClN3O3/c1-17-10(7-18)6-11(19)12(20)13(17)16-15-9-4-2-8(14)3-5-9/h2-6,18,20H,7H2,1H3. The van der Waals surface area contributed by atoms with Gasteiger partial charge in [0.05, 0.1) is 12.3 Å². The van der Waals surface area contributed by atoms with Gasteiger partial charge in [-0.15, -0.1) is 10.2 Å². The highest BCUT2D eigenvalue weighted by atomic mass is 35.5. The van der Waals surface area contributed by atoms with E-state index in [-0.39, 0.29) is 12.4 Å². The molecule has 0 unspecified atom stereocenters. The predicted molar refractivity (Wildman–Crippen MR) is 74.9 cm³/mol. The van der Waals surface area contributed by atoms with Gasteiger partial charge < -0.3 is 14.8 Å². The van der Waals surface area contributed by atoms with Crippen LogP contribution in [0.5, 0.6) is 5.75 Å². The third kappa shape index (κ3) is 2.87. The van der Waals surface area contributed by atoms with Gasteiger partial charge in [0.2, 0.25) is 17.0 Å². The Labute approximate surface area is 119 Å². The molecule has 2 N–H and O–H groups in total. The van der Waals surface area contributed by atoms with Crippen LogP contribution in [0.25, 0.3) is 0 Å². The van der Waals surface area contributed by atoms with Crippen LogP contribution in [0.15, 0.2) is 45.4 Å². The summed E-state index contributed by atoms with van der Waals surface area (Å²) in [4.78, 5) is 11.5. The first-order valence-corrected chi connectivity index (χ1v) is 6.10. The number of aromatic hydroxyl groups is 1. The fourth-order valence-corrected chi connectivity index (χ4v) is 1.73. The number of benzene rings is 1. The van der Waals surface area contributed by atoms with Crippen LogP contribution in [-0.2, 0) is 13.7 Å². The number of pyridine rings is 1. The maximum absolute atomic E-state index is 11.5. The summed E-state index contributed by atoms with van der Waals surface area (Å²) in [6, 6.07) is 7.75. The quantitative estimate of drug-likeness (QED) is 0.853. The Morgan fingerprint density at radius 3 is 2.50 bits per heavy atom. The van der Waals surface area contributed by atoms with Crippen molar-refractivity contribution in [2.45, 2.75) is 6.61 Å². The third-order valence-electron chi connectivity index (χ3n) is 2.74. The number of hydrogen-bond donors (Lipinski definition) is 2. The normalized spacial score (nSPS) is 11.2. The van der Waals surface area contributed by atoms with Crippen LogP contribution in [0.3, 0.4) is 0 Å². The minimum atomic E-state index is -0.614. The number of aliphatic hydroxyl groups is 1. The fraction of sp³-hybridized carbons (Fsp3) is 0.154. The molecule has 2 rings (SSSR count). The molecule has 0 bridgehead atoms. The number of nitrogens with zero attached hydrogens (tertiary/aromatic N) is 3. The van der Waals surface area contributed by atoms with Gasteiger partial charge in [-0.2, -0.15) is 0 Å². The maximum atomic E-state index is 11.5. The molecule has 0 aliphatic rings. The van der Waals surface area contributed by atoms with Gasteiger partial charge in [-0.25, -0.2) is 0 Å². The Morgan fingerprint density at radius 2 is 1.90 bits per heavy atom. The Kier molecular flexibility index (Phi) is 4.16. The Morgan fingerprint density at radius 1 is 1.25 bits per heavy atom. The second-order valence-electron chi connectivity index (χ2n) is 4.07. The first-order valence-electron chi connectivity index (χ1n) is 5.73. The molecule has 1 aromatic heterocycles. The molecule has 0 saturated carbocycles. The molecule has 0 amide bonds. The summed E-state index contributed by atoms with van der Waals surface area (Å²) in [7, 11) is 1.57. The van der Waals surface area contributed by atoms with E-state index in [1.807, 2.05) is 0 Å². The lowest BCUT2D eigenvalue weighted by Crippen LogP contribution is -2.10. The minimum absolute atomic E-state index is 0.0171. The van der Waals surface area contributed by atoms with Gasteiger partial charge >= 0.3 is 0 Å². The van der Waals surface area contributed by atoms with Crippen LogP contribution in [0.2, 0.25) is 5.02 Å². The highest BCUT2D eigenvalue weighted by Crippen LogP contribution is 2.26. The summed E-state index contributed by atoms with van der Waals surface area (Å²) in [6.07, 6.45) is 0. The first kappa shape index (κ1) is 14.2. The molecule has 7 heteroatoms. The van der Waals surface area contributed by atoms with Crippen LogP contribution in [0.4, 0.5) is 11.5 Å². The molecule has 0 atom stereocenters. The van der Waals surface area contributed by atoms with Crippen molar-refractivity contribution in [1.82, 2.24) is 4.57 Å². The zero-order valence-corrected chi connectivity index (χ0v) is 11.4. The van der Waals surface area contributed by atoms with E-state index in [1.54, 1.807) is 31.3 Å². The van der Waals surface area contributed by atoms with E-state index in [4.69, 9.17) is 16.7 Å². The Bertz CT molecular complexity index is 708. The molecule has 0 saturated heterocycles. The predicted octanol–water partition coefficient (Wildman–Crippen LogP) is 2.65. The summed E-state index contributed by atoms with van der Waals surface area (Å²) in [5, 5.41) is 27.2. The number of rotatable bonds is 3. The minimum Gasteiger partial charge on any atom is -0.502 e. The van der Waals surface area contributed by atoms with E-state index in [1.165, 1.54) is 4.57 Å². The van der Waals surface area contributed by atoms with Crippen LogP contribution in [-0.4, -0.2) is 14.8 Å². The van der Waals surface area contributed by atoms with Crippen LogP contribution in [0.1, 0.15) is 5.69 Å². The number of hydrogen-bond acceptors (Lipinski definition) is 5. The van der Waals surface area contributed by atoms with E-state index in [0.717, 1.165) is 6.07 Å². The van der Waals surface area contributed by atoms with E-state index in [9.17, 15) is 9.90 Å². The number of halogens is 1. The molecule has 0 radical (unpaired) electrons. The smallest absolute Gasteiger partial charge is 0.225 e. The molecule has 1 heterocycles. The zero-order chi connectivity index (χ0) is 14.7. The van der Waals surface area contributed by atoms with Crippen molar-refractivity contribution in [2.24, 2.45) is 17.3 Å². The lowest BCUT2D eigenvalue weighted by molar-refractivity contribution is 0.271. The molecule has 20 heavy (non-hydrogen) atoms. The Hall–Kier alpha value is -2.18. The summed E-state index contributed by atoms with van der Waals surface area (Å²) in [5.74, 6) is -0.529. The summed E-state index contributed by atoms with van der Waals surface area (Å²) >= 11 is 5.75. The van der Waals surface area contributed by atoms with E-state index in [2.05, 4.69) is 10.2 Å². The van der Waals surface area contributed by atoms with Gasteiger partial charge in [0.1, 0.15) is 0 Å². The van der Waals surface area contributed by atoms with Gasteiger partial charge in [0.15, 0.2) is 0 Å². The molecule has 104 valence electrons. The second-order valence-corrected chi connectivity index (χ2v) is 4.50. The summed E-state index contributed by atoms with van der Waals surface area (Å²) in [6.45, 7) is -0.338. The molecule has 0 fully saturated rings. The second kappa shape index (κ2) is 5.85. The highest BCUT2D eigenvalue weighted by Gasteiger charge is 2.11. The topological polar surface area (TPSA) is 87.2 Å². The van der Waals surface area contributed by atoms with Crippen molar-refractivity contribution < 1.29 is 10.2 Å². The highest BCUT2D eigenvalue weighted by molar-refractivity contribution is 6.30. The van der Waals surface area contributed by atoms with Crippen molar-refractivity contribution in [3.63, 3.8) is 0 Å². The van der Waals surface area contributed by atoms with Gasteiger partial charge in [-0.1, -0.05) is 11.6 Å². The zero-order valence-electron chi connectivity index (χ0n) is 10.6. The number of aliphatic hydroxyl groups excluding tert-OH is 1. The summed E-state index contributed by atoms with van der Waals surface area (Å²) < 4.78 is 1.40. The molecule has 1 aromatic carbocycles. The van der Waals surface area contributed by atoms with Gasteiger partial charge in [0.25, 0.3) is 0 Å². The lowest BCUT2D eigenvalue weighted by atomic mass is 10.3. The molecular weight excluding hydrogens is 282 g/mol. The monoisotopic (exact) mass is 293 g/mol. The van der Waals surface area contributed by atoms with Gasteiger partial charge in [-0.05, 0) is 24.3 Å². The van der Waals surface area contributed by atoms with Crippen LogP contribution < -0.4 is 5.43 Å². The molecule has 0 spiro atoms. The van der Waals surface area contributed by atoms with Crippen LogP contribution >= 0.6 is 11.6 Å². The molecule has 6 nitrogen and oxygen atoms in total. The SMILES string of the molecule is Cn1c(CO)cc(=O)c(O)c1N=Nc1ccc(Cl)cc1. The maximum Gasteiger partial charge on any atom is 0.225 e. The van der Waals surface area contributed by atoms with Crippen molar-refractivity contribution in [1.29, 1.82) is 0 Å². The number of azo groups is 1. The molecule has 2 aromatic rings. The summed E-state index contributed by atoms with van der Waals surface area (Å²) in [5.41, 5.74) is 0.241. The molecule has 0 aliphatic heterocycles. The van der Waals surface area contributed by atoms with Crippen molar-refractivity contribution in [2.75, 3.05) is 0 Å². The molecular formula is C13H12ClN3O3. The van der Waals surface area contributed by atoms with E-state index < -0.39 is 11.2 Å². The van der Waals surface area contributed by atoms with E-state index in [0.29, 0.717) is 16.4 Å². The third-order valence-corrected chi connectivity index (χ3v) is 2.99. The fourth-order valence-electron chi connectivity index (χ4n) is 1.60. The van der Waals surface area contributed by atoms with Crippen LogP contribution in [0, 0.1) is 0 Å². The largest absolute Gasteiger partial charge is 0.502 e. The van der Waals surface area contributed by atoms with E-state index >= 15 is 0 Å². The average molecular weight is 294 g/mol. The lowest BCUT2D eigenvalue weighted by Gasteiger charge is -2.09. The van der Waals surface area contributed by atoms with Gasteiger partial charge in [-0.3, -0.25) is 4.79 Å².